The summed E-state index contributed by atoms with van der Waals surface area (Å²) < 4.78 is 0. The van der Waals surface area contributed by atoms with Gasteiger partial charge in [-0.25, -0.2) is 9.97 Å². The number of hydrogen-bond donors (Lipinski definition) is 2. The molecule has 0 bridgehead atoms. The summed E-state index contributed by atoms with van der Waals surface area (Å²) in [6.07, 6.45) is 1.49. The lowest BCUT2D eigenvalue weighted by molar-refractivity contribution is -0.122. The van der Waals surface area contributed by atoms with Gasteiger partial charge < -0.3 is 10.6 Å². The van der Waals surface area contributed by atoms with Crippen molar-refractivity contribution in [2.24, 2.45) is 0 Å². The minimum Gasteiger partial charge on any atom is -0.346 e. The van der Waals surface area contributed by atoms with E-state index in [1.54, 1.807) is 0 Å². The molecule has 0 aliphatic rings. The molecule has 6 nitrogen and oxygen atoms in total. The van der Waals surface area contributed by atoms with Crippen molar-refractivity contribution in [1.82, 2.24) is 15.3 Å². The number of nitrogens with one attached hydrogen (secondary N) is 2. The number of carbonyl (C=O) groups excluding carboxylic acids is 2. The molecule has 0 aliphatic heterocycles. The second-order valence-electron chi connectivity index (χ2n) is 6.58. The number of hydrogen-bond acceptors (Lipinski definition) is 5. The first-order valence-corrected chi connectivity index (χ1v) is 9.89. The van der Waals surface area contributed by atoms with Crippen molar-refractivity contribution in [3.05, 3.63) is 59.4 Å². The molecule has 1 heterocycles. The fourth-order valence-corrected chi connectivity index (χ4v) is 3.84. The third-order valence-corrected chi connectivity index (χ3v) is 5.24. The lowest BCUT2D eigenvalue weighted by atomic mass is 10.1. The first kappa shape index (κ1) is 19.8. The van der Waals surface area contributed by atoms with Gasteiger partial charge >= 0.3 is 0 Å². The zero-order chi connectivity index (χ0) is 20.1. The van der Waals surface area contributed by atoms with Gasteiger partial charge in [-0.2, -0.15) is 0 Å². The monoisotopic (exact) mass is 394 g/mol. The first-order chi connectivity index (χ1) is 13.4. The van der Waals surface area contributed by atoms with Gasteiger partial charge in [0, 0.05) is 11.1 Å². The number of para-hydroxylation sites is 1. The maximum atomic E-state index is 12.2. The Kier molecular flexibility index (Phi) is 6.26. The summed E-state index contributed by atoms with van der Waals surface area (Å²) >= 11 is 1.33. The predicted octanol–water partition coefficient (Wildman–Crippen LogP) is 3.40. The molecule has 7 heteroatoms. The summed E-state index contributed by atoms with van der Waals surface area (Å²) in [5, 5.41) is 7.19. The Hall–Kier alpha value is -2.93. The molecule has 3 rings (SSSR count). The van der Waals surface area contributed by atoms with Crippen LogP contribution in [-0.2, 0) is 9.59 Å². The lowest BCUT2D eigenvalue weighted by Gasteiger charge is -2.13. The fraction of sp³-hybridized carbons (Fsp3) is 0.238. The largest absolute Gasteiger partial charge is 0.346 e. The molecule has 0 spiro atoms. The molecule has 2 amide bonds. The highest BCUT2D eigenvalue weighted by molar-refractivity contribution is 8.00. The zero-order valence-electron chi connectivity index (χ0n) is 16.1. The number of rotatable bonds is 6. The van der Waals surface area contributed by atoms with Crippen LogP contribution in [0.3, 0.4) is 0 Å². The van der Waals surface area contributed by atoms with E-state index in [0.717, 1.165) is 38.3 Å². The summed E-state index contributed by atoms with van der Waals surface area (Å²) in [5.41, 5.74) is 4.79. The molecule has 1 aromatic heterocycles. The number of amides is 2. The van der Waals surface area contributed by atoms with Crippen LogP contribution >= 0.6 is 11.8 Å². The number of benzene rings is 2. The number of aromatic nitrogens is 2. The Morgan fingerprint density at radius 2 is 1.71 bits per heavy atom. The standard InChI is InChI=1S/C21H22N4O2S/c1-13-8-14(2)20(15(3)9-13)25-18(26)10-22-19(27)11-28-21-16-6-4-5-7-17(16)23-12-24-21/h4-9,12H,10-11H2,1-3H3,(H,22,27)(H,25,26). The van der Waals surface area contributed by atoms with E-state index in [1.165, 1.54) is 18.1 Å². The van der Waals surface area contributed by atoms with Crippen LogP contribution in [0.5, 0.6) is 0 Å². The number of anilines is 1. The van der Waals surface area contributed by atoms with Crippen LogP contribution in [0, 0.1) is 20.8 Å². The summed E-state index contributed by atoms with van der Waals surface area (Å²) in [7, 11) is 0. The van der Waals surface area contributed by atoms with E-state index in [1.807, 2.05) is 57.2 Å². The van der Waals surface area contributed by atoms with E-state index in [2.05, 4.69) is 20.6 Å². The van der Waals surface area contributed by atoms with E-state index >= 15 is 0 Å². The molecule has 0 saturated carbocycles. The van der Waals surface area contributed by atoms with Crippen LogP contribution in [0.25, 0.3) is 10.9 Å². The van der Waals surface area contributed by atoms with Crippen LogP contribution in [0.1, 0.15) is 16.7 Å². The average Bonchev–Trinajstić information content (AvgIpc) is 2.67. The summed E-state index contributed by atoms with van der Waals surface area (Å²) in [4.78, 5) is 32.8. The van der Waals surface area contributed by atoms with Crippen LogP contribution in [0.2, 0.25) is 0 Å². The summed E-state index contributed by atoms with van der Waals surface area (Å²) in [6.45, 7) is 5.86. The highest BCUT2D eigenvalue weighted by Gasteiger charge is 2.11. The molecule has 0 atom stereocenters. The van der Waals surface area contributed by atoms with Gasteiger partial charge in [-0.15, -0.1) is 0 Å². The topological polar surface area (TPSA) is 84.0 Å². The van der Waals surface area contributed by atoms with Gasteiger partial charge in [0.2, 0.25) is 11.8 Å². The Balaban J connectivity index is 1.52. The average molecular weight is 395 g/mol. The fourth-order valence-electron chi connectivity index (χ4n) is 3.02. The third kappa shape index (κ3) is 4.86. The molecule has 28 heavy (non-hydrogen) atoms. The van der Waals surface area contributed by atoms with Crippen molar-refractivity contribution in [3.8, 4) is 0 Å². The SMILES string of the molecule is Cc1cc(C)c(NC(=O)CNC(=O)CSc2ncnc3ccccc23)c(C)c1. The van der Waals surface area contributed by atoms with Crippen molar-refractivity contribution >= 4 is 40.2 Å². The summed E-state index contributed by atoms with van der Waals surface area (Å²) in [6, 6.07) is 11.7. The quantitative estimate of drug-likeness (QED) is 0.494. The zero-order valence-corrected chi connectivity index (χ0v) is 16.9. The van der Waals surface area contributed by atoms with E-state index in [9.17, 15) is 9.59 Å². The Morgan fingerprint density at radius 1 is 1.00 bits per heavy atom. The van der Waals surface area contributed by atoms with E-state index < -0.39 is 0 Å². The number of carbonyl (C=O) groups is 2. The van der Waals surface area contributed by atoms with E-state index in [4.69, 9.17) is 0 Å². The smallest absolute Gasteiger partial charge is 0.243 e. The van der Waals surface area contributed by atoms with Crippen molar-refractivity contribution in [2.75, 3.05) is 17.6 Å². The van der Waals surface area contributed by atoms with Crippen LogP contribution < -0.4 is 10.6 Å². The molecule has 2 N–H and O–H groups in total. The van der Waals surface area contributed by atoms with E-state index in [0.29, 0.717) is 0 Å². The van der Waals surface area contributed by atoms with Gasteiger partial charge in [-0.1, -0.05) is 47.7 Å². The van der Waals surface area contributed by atoms with Gasteiger partial charge in [0.25, 0.3) is 0 Å². The second kappa shape index (κ2) is 8.84. The van der Waals surface area contributed by atoms with Crippen molar-refractivity contribution in [3.63, 3.8) is 0 Å². The normalized spacial score (nSPS) is 10.7. The number of fused-ring (bicyclic) bond motifs is 1. The van der Waals surface area contributed by atoms with Crippen molar-refractivity contribution in [1.29, 1.82) is 0 Å². The van der Waals surface area contributed by atoms with Gasteiger partial charge in [0.1, 0.15) is 11.4 Å². The Morgan fingerprint density at radius 3 is 2.46 bits per heavy atom. The minimum atomic E-state index is -0.249. The molecule has 3 aromatic rings. The van der Waals surface area contributed by atoms with Gasteiger partial charge in [-0.05, 0) is 38.0 Å². The molecule has 144 valence electrons. The van der Waals surface area contributed by atoms with Gasteiger partial charge in [0.05, 0.1) is 17.8 Å². The molecule has 0 radical (unpaired) electrons. The third-order valence-electron chi connectivity index (χ3n) is 4.23. The maximum absolute atomic E-state index is 12.2. The number of thioether (sulfide) groups is 1. The molecular weight excluding hydrogens is 372 g/mol. The van der Waals surface area contributed by atoms with E-state index in [-0.39, 0.29) is 24.1 Å². The molecule has 0 unspecified atom stereocenters. The highest BCUT2D eigenvalue weighted by Crippen LogP contribution is 2.24. The molecule has 2 aromatic carbocycles. The Labute approximate surface area is 168 Å². The van der Waals surface area contributed by atoms with Crippen LogP contribution in [-0.4, -0.2) is 34.1 Å². The molecular formula is C21H22N4O2S. The minimum absolute atomic E-state index is 0.0727. The number of aryl methyl sites for hydroxylation is 3. The predicted molar refractivity (Wildman–Crippen MR) is 113 cm³/mol. The van der Waals surface area contributed by atoms with Gasteiger partial charge in [-0.3, -0.25) is 9.59 Å². The highest BCUT2D eigenvalue weighted by atomic mass is 32.2. The lowest BCUT2D eigenvalue weighted by Crippen LogP contribution is -2.34. The van der Waals surface area contributed by atoms with Crippen molar-refractivity contribution in [2.45, 2.75) is 25.8 Å². The Bertz CT molecular complexity index is 1010. The maximum Gasteiger partial charge on any atom is 0.243 e. The molecule has 0 aliphatic carbocycles. The number of nitrogens with zero attached hydrogens (tertiary/aromatic N) is 2. The second-order valence-corrected chi connectivity index (χ2v) is 7.55. The van der Waals surface area contributed by atoms with Crippen molar-refractivity contribution < 1.29 is 9.59 Å². The molecule has 0 saturated heterocycles. The summed E-state index contributed by atoms with van der Waals surface area (Å²) in [5.74, 6) is -0.294. The first-order valence-electron chi connectivity index (χ1n) is 8.91. The molecule has 0 fully saturated rings. The van der Waals surface area contributed by atoms with Crippen LogP contribution in [0.15, 0.2) is 47.8 Å². The van der Waals surface area contributed by atoms with Crippen LogP contribution in [0.4, 0.5) is 5.69 Å². The van der Waals surface area contributed by atoms with Gasteiger partial charge in [0.15, 0.2) is 0 Å².